The second-order valence-corrected chi connectivity index (χ2v) is 8.88. The minimum absolute atomic E-state index is 0.00512. The van der Waals surface area contributed by atoms with Gasteiger partial charge in [0.2, 0.25) is 0 Å². The van der Waals surface area contributed by atoms with E-state index in [1.807, 2.05) is 60.7 Å². The smallest absolute Gasteiger partial charge is 0.259 e. The maximum atomic E-state index is 14.9. The van der Waals surface area contributed by atoms with Gasteiger partial charge >= 0.3 is 0 Å². The van der Waals surface area contributed by atoms with Gasteiger partial charge < -0.3 is 15.4 Å². The molecular weight excluding hydrogens is 510 g/mol. The first-order chi connectivity index (χ1) is 19.5. The van der Waals surface area contributed by atoms with Crippen LogP contribution in [0.3, 0.4) is 0 Å². The van der Waals surface area contributed by atoms with Crippen LogP contribution in [0.15, 0.2) is 115 Å². The van der Waals surface area contributed by atoms with Gasteiger partial charge in [-0.3, -0.25) is 9.59 Å². The second-order valence-electron chi connectivity index (χ2n) is 8.88. The zero-order valence-electron chi connectivity index (χ0n) is 21.5. The van der Waals surface area contributed by atoms with Gasteiger partial charge in [0.05, 0.1) is 24.0 Å². The number of carbonyl (C=O) groups is 2. The van der Waals surface area contributed by atoms with Crippen LogP contribution in [0.1, 0.15) is 20.7 Å². The fourth-order valence-corrected chi connectivity index (χ4v) is 4.41. The molecule has 5 rings (SSSR count). The van der Waals surface area contributed by atoms with Crippen LogP contribution in [-0.2, 0) is 0 Å². The van der Waals surface area contributed by atoms with Crippen molar-refractivity contribution in [1.29, 1.82) is 0 Å². The van der Waals surface area contributed by atoms with Crippen molar-refractivity contribution in [2.45, 2.75) is 0 Å². The van der Waals surface area contributed by atoms with Gasteiger partial charge in [-0.05, 0) is 41.5 Å². The van der Waals surface area contributed by atoms with Gasteiger partial charge in [0.15, 0.2) is 0 Å². The van der Waals surface area contributed by atoms with E-state index in [1.165, 1.54) is 37.4 Å². The lowest BCUT2D eigenvalue weighted by molar-refractivity contribution is 0.102. The molecule has 0 aliphatic rings. The highest BCUT2D eigenvalue weighted by atomic mass is 19.1. The van der Waals surface area contributed by atoms with Crippen molar-refractivity contribution in [2.24, 2.45) is 0 Å². The third-order valence-corrected chi connectivity index (χ3v) is 6.38. The van der Waals surface area contributed by atoms with Crippen LogP contribution in [0.25, 0.3) is 22.3 Å². The third-order valence-electron chi connectivity index (χ3n) is 6.38. The number of ether oxygens (including phenoxy) is 1. The zero-order valence-corrected chi connectivity index (χ0v) is 21.5. The number of nitrogens with one attached hydrogen (secondary N) is 2. The van der Waals surface area contributed by atoms with Crippen LogP contribution < -0.4 is 15.4 Å². The van der Waals surface area contributed by atoms with Gasteiger partial charge in [-0.2, -0.15) is 0 Å². The number of anilines is 2. The molecule has 2 amide bonds. The minimum atomic E-state index is -0.676. The van der Waals surface area contributed by atoms with E-state index in [4.69, 9.17) is 4.74 Å². The Hall–Kier alpha value is -5.30. The van der Waals surface area contributed by atoms with Crippen LogP contribution in [-0.4, -0.2) is 18.9 Å². The quantitative estimate of drug-likeness (QED) is 0.224. The fourth-order valence-electron chi connectivity index (χ4n) is 4.41. The second kappa shape index (κ2) is 11.6. The molecule has 0 aliphatic heterocycles. The van der Waals surface area contributed by atoms with Gasteiger partial charge in [0.25, 0.3) is 11.8 Å². The van der Waals surface area contributed by atoms with Crippen molar-refractivity contribution in [3.63, 3.8) is 0 Å². The highest BCUT2D eigenvalue weighted by Gasteiger charge is 2.21. The average molecular weight is 535 g/mol. The van der Waals surface area contributed by atoms with Gasteiger partial charge in [-0.25, -0.2) is 8.78 Å². The Morgan fingerprint density at radius 2 is 1.10 bits per heavy atom. The standard InChI is InChI=1S/C33H24F2N2O3/c1-40-29-19-18-23(32(38)36-30-24(14-8-16-27(30)34)21-10-4-2-5-11-21)20-26(29)33(39)37-31-25(15-9-17-28(31)35)22-12-6-3-7-13-22/h2-20H,1H3,(H,36,38)(H,37,39). The number of methoxy groups -OCH3 is 1. The average Bonchev–Trinajstić information content (AvgIpc) is 2.99. The topological polar surface area (TPSA) is 67.4 Å². The highest BCUT2D eigenvalue weighted by molar-refractivity contribution is 6.11. The van der Waals surface area contributed by atoms with E-state index in [2.05, 4.69) is 10.6 Å². The molecule has 0 radical (unpaired) electrons. The Balaban J connectivity index is 1.46. The lowest BCUT2D eigenvalue weighted by Crippen LogP contribution is -2.18. The predicted octanol–water partition coefficient (Wildman–Crippen LogP) is 7.81. The van der Waals surface area contributed by atoms with Crippen LogP contribution in [0.5, 0.6) is 5.75 Å². The summed E-state index contributed by atoms with van der Waals surface area (Å²) in [5, 5.41) is 5.28. The summed E-state index contributed by atoms with van der Waals surface area (Å²) in [4.78, 5) is 26.7. The van der Waals surface area contributed by atoms with Gasteiger partial charge in [0.1, 0.15) is 17.4 Å². The van der Waals surface area contributed by atoms with Crippen molar-refractivity contribution in [3.05, 3.63) is 138 Å². The molecule has 0 bridgehead atoms. The number of halogens is 2. The Morgan fingerprint density at radius 1 is 0.600 bits per heavy atom. The maximum absolute atomic E-state index is 14.9. The first-order valence-corrected chi connectivity index (χ1v) is 12.4. The molecule has 0 heterocycles. The largest absolute Gasteiger partial charge is 0.496 e. The summed E-state index contributed by atoms with van der Waals surface area (Å²) >= 11 is 0. The van der Waals surface area contributed by atoms with E-state index in [0.717, 1.165) is 11.1 Å². The van der Waals surface area contributed by atoms with Gasteiger partial charge in [0, 0.05) is 16.7 Å². The molecule has 0 spiro atoms. The van der Waals surface area contributed by atoms with Crippen molar-refractivity contribution in [3.8, 4) is 28.0 Å². The number of amides is 2. The molecule has 5 nitrogen and oxygen atoms in total. The van der Waals surface area contributed by atoms with Crippen LogP contribution in [0.2, 0.25) is 0 Å². The van der Waals surface area contributed by atoms with Crippen molar-refractivity contribution in [2.75, 3.05) is 17.7 Å². The molecule has 0 saturated carbocycles. The minimum Gasteiger partial charge on any atom is -0.496 e. The summed E-state index contributed by atoms with van der Waals surface area (Å²) in [5.74, 6) is -2.34. The van der Waals surface area contributed by atoms with Crippen LogP contribution in [0, 0.1) is 11.6 Å². The summed E-state index contributed by atoms with van der Waals surface area (Å²) in [7, 11) is 1.38. The Kier molecular flexibility index (Phi) is 7.64. The number of hydrogen-bond acceptors (Lipinski definition) is 3. The first kappa shape index (κ1) is 26.3. The predicted molar refractivity (Wildman–Crippen MR) is 153 cm³/mol. The van der Waals surface area contributed by atoms with Crippen molar-refractivity contribution < 1.29 is 23.1 Å². The molecule has 198 valence electrons. The fraction of sp³-hybridized carbons (Fsp3) is 0.0303. The molecule has 0 saturated heterocycles. The molecular formula is C33H24F2N2O3. The Morgan fingerprint density at radius 3 is 1.60 bits per heavy atom. The zero-order chi connectivity index (χ0) is 28.1. The van der Waals surface area contributed by atoms with E-state index in [1.54, 1.807) is 24.3 Å². The van der Waals surface area contributed by atoms with E-state index in [9.17, 15) is 18.4 Å². The van der Waals surface area contributed by atoms with E-state index >= 15 is 0 Å². The van der Waals surface area contributed by atoms with Gasteiger partial charge in [-0.15, -0.1) is 0 Å². The molecule has 40 heavy (non-hydrogen) atoms. The number of benzene rings is 5. The number of hydrogen-bond donors (Lipinski definition) is 2. The van der Waals surface area contributed by atoms with Crippen LogP contribution >= 0.6 is 0 Å². The van der Waals surface area contributed by atoms with E-state index in [0.29, 0.717) is 11.1 Å². The first-order valence-electron chi connectivity index (χ1n) is 12.4. The lowest BCUT2D eigenvalue weighted by Gasteiger charge is -2.15. The summed E-state index contributed by atoms with van der Waals surface area (Å²) in [6, 6.07) is 31.5. The van der Waals surface area contributed by atoms with Crippen molar-refractivity contribution >= 4 is 23.2 Å². The monoisotopic (exact) mass is 534 g/mol. The maximum Gasteiger partial charge on any atom is 0.259 e. The normalized spacial score (nSPS) is 10.6. The SMILES string of the molecule is COc1ccc(C(=O)Nc2c(F)cccc2-c2ccccc2)cc1C(=O)Nc1c(F)cccc1-c1ccccc1. The molecule has 5 aromatic rings. The molecule has 0 aliphatic carbocycles. The summed E-state index contributed by atoms with van der Waals surface area (Å²) in [6.07, 6.45) is 0. The molecule has 2 N–H and O–H groups in total. The van der Waals surface area contributed by atoms with E-state index < -0.39 is 23.4 Å². The number of rotatable bonds is 7. The summed E-state index contributed by atoms with van der Waals surface area (Å²) < 4.78 is 35.1. The van der Waals surface area contributed by atoms with Gasteiger partial charge in [-0.1, -0.05) is 84.9 Å². The third kappa shape index (κ3) is 5.44. The van der Waals surface area contributed by atoms with Crippen LogP contribution in [0.4, 0.5) is 20.2 Å². The molecule has 0 atom stereocenters. The number of carbonyl (C=O) groups excluding carboxylic acids is 2. The Bertz CT molecular complexity index is 1690. The molecule has 7 heteroatoms. The molecule has 0 fully saturated rings. The Labute approximate surface area is 230 Å². The molecule has 0 unspecified atom stereocenters. The molecule has 0 aromatic heterocycles. The summed E-state index contributed by atoms with van der Waals surface area (Å²) in [5.41, 5.74) is 2.55. The van der Waals surface area contributed by atoms with E-state index in [-0.39, 0.29) is 28.3 Å². The number of para-hydroxylation sites is 2. The highest BCUT2D eigenvalue weighted by Crippen LogP contribution is 2.33. The molecule has 5 aromatic carbocycles. The van der Waals surface area contributed by atoms with Crippen molar-refractivity contribution in [1.82, 2.24) is 0 Å². The summed E-state index contributed by atoms with van der Waals surface area (Å²) in [6.45, 7) is 0. The lowest BCUT2D eigenvalue weighted by atomic mass is 10.0.